The lowest BCUT2D eigenvalue weighted by Crippen LogP contribution is -2.30. The molecule has 1 fully saturated rings. The minimum atomic E-state index is -0.154. The highest BCUT2D eigenvalue weighted by Crippen LogP contribution is 2.37. The molecule has 1 aromatic heterocycles. The smallest absolute Gasteiger partial charge is 0.244 e. The second kappa shape index (κ2) is 10.6. The van der Waals surface area contributed by atoms with Crippen molar-refractivity contribution in [3.8, 4) is 16.9 Å². The first-order valence-corrected chi connectivity index (χ1v) is 12.0. The molecule has 4 rings (SSSR count). The molecule has 3 aromatic rings. The van der Waals surface area contributed by atoms with Crippen LogP contribution in [0.5, 0.6) is 5.75 Å². The van der Waals surface area contributed by atoms with Gasteiger partial charge in [-0.15, -0.1) is 0 Å². The quantitative estimate of drug-likeness (QED) is 0.346. The average molecular weight is 461 g/mol. The summed E-state index contributed by atoms with van der Waals surface area (Å²) in [5, 5.41) is 3.91. The first-order chi connectivity index (χ1) is 16.5. The molecular formula is C28H32N2O4. The van der Waals surface area contributed by atoms with Crippen LogP contribution in [0.4, 0.5) is 0 Å². The van der Waals surface area contributed by atoms with Crippen molar-refractivity contribution in [1.29, 1.82) is 0 Å². The van der Waals surface area contributed by atoms with Crippen molar-refractivity contribution in [3.05, 3.63) is 59.9 Å². The number of fused-ring (bicyclic) bond motifs is 1. The largest absolute Gasteiger partial charge is 0.493 e. The summed E-state index contributed by atoms with van der Waals surface area (Å²) in [5.74, 6) is 0.748. The molecule has 1 aliphatic rings. The zero-order valence-corrected chi connectivity index (χ0v) is 20.1. The van der Waals surface area contributed by atoms with Crippen LogP contribution >= 0.6 is 0 Å². The van der Waals surface area contributed by atoms with E-state index < -0.39 is 0 Å². The third-order valence-corrected chi connectivity index (χ3v) is 6.19. The number of hydrogen-bond acceptors (Lipinski definition) is 4. The first-order valence-electron chi connectivity index (χ1n) is 12.0. The lowest BCUT2D eigenvalue weighted by Gasteiger charge is -2.15. The number of amides is 2. The molecule has 34 heavy (non-hydrogen) atoms. The van der Waals surface area contributed by atoms with Crippen molar-refractivity contribution in [1.82, 2.24) is 10.2 Å². The van der Waals surface area contributed by atoms with Gasteiger partial charge in [0, 0.05) is 54.7 Å². The zero-order chi connectivity index (χ0) is 24.1. The second-order valence-corrected chi connectivity index (χ2v) is 8.75. The van der Waals surface area contributed by atoms with Crippen LogP contribution in [0.1, 0.15) is 44.2 Å². The molecule has 0 radical (unpaired) electrons. The van der Waals surface area contributed by atoms with Crippen LogP contribution in [-0.2, 0) is 9.59 Å². The van der Waals surface area contributed by atoms with Crippen LogP contribution in [0.25, 0.3) is 27.7 Å². The number of likely N-dealkylation sites (tertiary alicyclic amines) is 1. The molecule has 0 spiro atoms. The van der Waals surface area contributed by atoms with Crippen molar-refractivity contribution in [3.63, 3.8) is 0 Å². The summed E-state index contributed by atoms with van der Waals surface area (Å²) in [5.41, 5.74) is 5.71. The van der Waals surface area contributed by atoms with Gasteiger partial charge in [-0.3, -0.25) is 9.59 Å². The molecule has 1 saturated heterocycles. The minimum Gasteiger partial charge on any atom is -0.493 e. The topological polar surface area (TPSA) is 71.8 Å². The fourth-order valence-electron chi connectivity index (χ4n) is 4.34. The fourth-order valence-corrected chi connectivity index (χ4v) is 4.34. The third kappa shape index (κ3) is 5.33. The zero-order valence-electron chi connectivity index (χ0n) is 20.1. The van der Waals surface area contributed by atoms with E-state index in [1.165, 1.54) is 5.56 Å². The predicted molar refractivity (Wildman–Crippen MR) is 135 cm³/mol. The average Bonchev–Trinajstić information content (AvgIpc) is 3.42. The molecule has 1 N–H and O–H groups in total. The highest BCUT2D eigenvalue weighted by molar-refractivity contribution is 6.00. The third-order valence-electron chi connectivity index (χ3n) is 6.19. The number of carbonyl (C=O) groups is 2. The van der Waals surface area contributed by atoms with Gasteiger partial charge in [-0.25, -0.2) is 0 Å². The van der Waals surface area contributed by atoms with Gasteiger partial charge in [0.15, 0.2) is 0 Å². The summed E-state index contributed by atoms with van der Waals surface area (Å²) in [6, 6.07) is 12.3. The molecule has 2 aromatic carbocycles. The molecular weight excluding hydrogens is 428 g/mol. The van der Waals surface area contributed by atoms with Gasteiger partial charge < -0.3 is 19.4 Å². The lowest BCUT2D eigenvalue weighted by molar-refractivity contribution is -0.127. The summed E-state index contributed by atoms with van der Waals surface area (Å²) < 4.78 is 11.7. The van der Waals surface area contributed by atoms with E-state index in [1.807, 2.05) is 30.9 Å². The summed E-state index contributed by atoms with van der Waals surface area (Å²) in [4.78, 5) is 26.1. The molecule has 6 heteroatoms. The molecule has 6 nitrogen and oxygen atoms in total. The van der Waals surface area contributed by atoms with Gasteiger partial charge >= 0.3 is 0 Å². The Morgan fingerprint density at radius 2 is 2.03 bits per heavy atom. The number of ether oxygens (including phenoxy) is 1. The van der Waals surface area contributed by atoms with E-state index in [2.05, 4.69) is 36.5 Å². The maximum absolute atomic E-state index is 12.6. The van der Waals surface area contributed by atoms with Crippen LogP contribution in [0, 0.1) is 6.92 Å². The molecule has 2 heterocycles. The number of rotatable bonds is 9. The van der Waals surface area contributed by atoms with Gasteiger partial charge in [-0.05, 0) is 50.8 Å². The number of nitrogens with zero attached hydrogens (tertiary/aromatic N) is 1. The first kappa shape index (κ1) is 23.6. The molecule has 1 aliphatic heterocycles. The minimum absolute atomic E-state index is 0.154. The molecule has 0 saturated carbocycles. The number of benzene rings is 2. The number of carbonyl (C=O) groups excluding carboxylic acids is 2. The normalized spacial score (nSPS) is 14.1. The summed E-state index contributed by atoms with van der Waals surface area (Å²) in [7, 11) is 0. The van der Waals surface area contributed by atoms with Crippen molar-refractivity contribution in [2.24, 2.45) is 0 Å². The SMILES string of the molecule is CCOc1cc2occ(-c3ccc(C)cc3)c2cc1/C(C)=C/C(=O)NCCCN1CCCC1=O. The van der Waals surface area contributed by atoms with Crippen molar-refractivity contribution < 1.29 is 18.7 Å². The van der Waals surface area contributed by atoms with Crippen LogP contribution < -0.4 is 10.1 Å². The Balaban J connectivity index is 1.52. The van der Waals surface area contributed by atoms with E-state index in [-0.39, 0.29) is 11.8 Å². The number of nitrogens with one attached hydrogen (secondary N) is 1. The van der Waals surface area contributed by atoms with Gasteiger partial charge in [-0.2, -0.15) is 0 Å². The van der Waals surface area contributed by atoms with Gasteiger partial charge in [0.25, 0.3) is 0 Å². The highest BCUT2D eigenvalue weighted by atomic mass is 16.5. The molecule has 0 bridgehead atoms. The van der Waals surface area contributed by atoms with Gasteiger partial charge in [0.1, 0.15) is 11.3 Å². The Morgan fingerprint density at radius 1 is 1.24 bits per heavy atom. The maximum atomic E-state index is 12.6. The van der Waals surface area contributed by atoms with Crippen LogP contribution in [0.15, 0.2) is 53.2 Å². The van der Waals surface area contributed by atoms with E-state index in [9.17, 15) is 9.59 Å². The molecule has 2 amide bonds. The Labute approximate surface area is 200 Å². The van der Waals surface area contributed by atoms with Crippen molar-refractivity contribution in [2.45, 2.75) is 40.0 Å². The Morgan fingerprint density at radius 3 is 2.74 bits per heavy atom. The van der Waals surface area contributed by atoms with Crippen molar-refractivity contribution in [2.75, 3.05) is 26.2 Å². The van der Waals surface area contributed by atoms with E-state index in [1.54, 1.807) is 12.3 Å². The van der Waals surface area contributed by atoms with Crippen molar-refractivity contribution >= 4 is 28.4 Å². The monoisotopic (exact) mass is 460 g/mol. The summed E-state index contributed by atoms with van der Waals surface area (Å²) in [6.07, 6.45) is 5.70. The van der Waals surface area contributed by atoms with Crippen LogP contribution in [0.2, 0.25) is 0 Å². The number of allylic oxidation sites excluding steroid dienone is 1. The maximum Gasteiger partial charge on any atom is 0.244 e. The van der Waals surface area contributed by atoms with E-state index in [0.29, 0.717) is 31.9 Å². The molecule has 0 atom stereocenters. The van der Waals surface area contributed by atoms with E-state index in [0.717, 1.165) is 52.6 Å². The Kier molecular flexibility index (Phi) is 7.36. The lowest BCUT2D eigenvalue weighted by atomic mass is 9.99. The second-order valence-electron chi connectivity index (χ2n) is 8.75. The molecule has 178 valence electrons. The number of furan rings is 1. The Hall–Kier alpha value is -3.54. The highest BCUT2D eigenvalue weighted by Gasteiger charge is 2.19. The van der Waals surface area contributed by atoms with Crippen LogP contribution in [0.3, 0.4) is 0 Å². The fraction of sp³-hybridized carbons (Fsp3) is 0.357. The van der Waals surface area contributed by atoms with E-state index >= 15 is 0 Å². The number of aryl methyl sites for hydroxylation is 1. The number of hydrogen-bond donors (Lipinski definition) is 1. The molecule has 0 unspecified atom stereocenters. The standard InChI is InChI=1S/C28H32N2O4/c1-4-33-25-17-26-23(24(18-34-26)21-10-8-19(2)9-11-21)16-22(25)20(3)15-27(31)29-12-6-14-30-13-5-7-28(30)32/h8-11,15-18H,4-7,12-14H2,1-3H3,(H,29,31)/b20-15+. The van der Waals surface area contributed by atoms with Crippen LogP contribution in [-0.4, -0.2) is 43.0 Å². The predicted octanol–water partition coefficient (Wildman–Crippen LogP) is 5.34. The Bertz CT molecular complexity index is 1210. The van der Waals surface area contributed by atoms with Gasteiger partial charge in [0.05, 0.1) is 12.9 Å². The molecule has 0 aliphatic carbocycles. The van der Waals surface area contributed by atoms with E-state index in [4.69, 9.17) is 9.15 Å². The summed E-state index contributed by atoms with van der Waals surface area (Å²) >= 11 is 0. The van der Waals surface area contributed by atoms with Gasteiger partial charge in [0.2, 0.25) is 11.8 Å². The summed E-state index contributed by atoms with van der Waals surface area (Å²) in [6.45, 7) is 8.47. The van der Waals surface area contributed by atoms with Gasteiger partial charge in [-0.1, -0.05) is 29.8 Å².